The van der Waals surface area contributed by atoms with Gasteiger partial charge in [0.05, 0.1) is 28.5 Å². The van der Waals surface area contributed by atoms with Crippen molar-refractivity contribution in [1.82, 2.24) is 0 Å². The van der Waals surface area contributed by atoms with E-state index < -0.39 is 5.41 Å². The van der Waals surface area contributed by atoms with Crippen LogP contribution in [0.15, 0.2) is 234 Å². The normalized spacial score (nSPS) is 18.8. The SMILES string of the molecule is Cc1cccc(-c2cccc(N(c3c4c(c(N(c5cccc(-c6ccccc6)c5)c5cccc6c5oc5c(C)cccc56)c5ccccc35)OC3C=CC=CC43C)C3C=CC=C(C4=CC=CCC4)C3)c2)c1O. The number of phenols is 1. The van der Waals surface area contributed by atoms with Crippen LogP contribution < -0.4 is 14.5 Å². The molecular weight excluding hydrogens is 881 g/mol. The Morgan fingerprint density at radius 3 is 2.10 bits per heavy atom. The lowest BCUT2D eigenvalue weighted by Crippen LogP contribution is -2.36. The van der Waals surface area contributed by atoms with E-state index in [1.807, 2.05) is 25.1 Å². The van der Waals surface area contributed by atoms with Gasteiger partial charge in [0.2, 0.25) is 0 Å². The van der Waals surface area contributed by atoms with Crippen molar-refractivity contribution < 1.29 is 14.3 Å². The average Bonchev–Trinajstić information content (AvgIpc) is 3.97. The highest BCUT2D eigenvalue weighted by molar-refractivity contribution is 6.16. The van der Waals surface area contributed by atoms with Crippen molar-refractivity contribution in [2.24, 2.45) is 0 Å². The molecule has 1 aliphatic heterocycles. The number of hydrogen-bond acceptors (Lipinski definition) is 5. The number of aryl methyl sites for hydroxylation is 2. The van der Waals surface area contributed by atoms with Gasteiger partial charge in [0.1, 0.15) is 17.4 Å². The molecule has 72 heavy (non-hydrogen) atoms. The van der Waals surface area contributed by atoms with Gasteiger partial charge in [-0.3, -0.25) is 0 Å². The molecule has 0 amide bonds. The van der Waals surface area contributed by atoms with Crippen LogP contribution in [0.1, 0.15) is 42.9 Å². The molecule has 1 N–H and O–H groups in total. The summed E-state index contributed by atoms with van der Waals surface area (Å²) in [5.41, 5.74) is 15.9. The van der Waals surface area contributed by atoms with Crippen LogP contribution in [0.3, 0.4) is 0 Å². The summed E-state index contributed by atoms with van der Waals surface area (Å²) in [5.74, 6) is 1.13. The van der Waals surface area contributed by atoms with E-state index in [-0.39, 0.29) is 12.1 Å². The topological polar surface area (TPSA) is 49.1 Å². The van der Waals surface area contributed by atoms with Gasteiger partial charge in [0.15, 0.2) is 11.3 Å². The monoisotopic (exact) mass is 934 g/mol. The number of furan rings is 1. The van der Waals surface area contributed by atoms with Gasteiger partial charge in [0.25, 0.3) is 0 Å². The molecule has 3 atom stereocenters. The predicted molar refractivity (Wildman–Crippen MR) is 299 cm³/mol. The number of rotatable bonds is 9. The van der Waals surface area contributed by atoms with Gasteiger partial charge in [-0.2, -0.15) is 0 Å². The molecule has 0 spiro atoms. The van der Waals surface area contributed by atoms with Crippen molar-refractivity contribution in [3.63, 3.8) is 0 Å². The lowest BCUT2D eigenvalue weighted by molar-refractivity contribution is 0.229. The third-order valence-corrected chi connectivity index (χ3v) is 15.4. The summed E-state index contributed by atoms with van der Waals surface area (Å²) in [6.07, 6.45) is 25.1. The van der Waals surface area contributed by atoms with Crippen molar-refractivity contribution in [3.05, 3.63) is 246 Å². The molecule has 13 rings (SSSR count). The molecule has 0 saturated heterocycles. The first-order valence-corrected chi connectivity index (χ1v) is 25.2. The lowest BCUT2D eigenvalue weighted by atomic mass is 9.74. The Morgan fingerprint density at radius 2 is 1.26 bits per heavy atom. The quantitative estimate of drug-likeness (QED) is 0.146. The predicted octanol–water partition coefficient (Wildman–Crippen LogP) is 17.7. The number of nitrogens with zero attached hydrogens (tertiary/aromatic N) is 2. The molecule has 0 fully saturated rings. The maximum absolute atomic E-state index is 11.5. The Kier molecular flexibility index (Phi) is 10.5. The standard InChI is InChI=1S/C67H54N2O3/c1-43-20-14-34-53(63(43)70)49-28-18-30-51(42-49)68(50-29-16-26-47(40-50)45-22-6-4-7-23-45)61-54-32-10-11-33-55(54)62(66-60(61)67(3)39-13-12-38-59(67)71-66)69(52-31-17-27-48(41-52)46-24-8-5-9-25-46)58-37-19-36-57-56-35-15-21-44(2)64(56)72-65(57)58/h4-6,8-22,24-39,41-42,50,59,70H,7,23,40H2,1-3H3. The molecule has 3 unspecified atom stereocenters. The number of benzene rings is 8. The number of allylic oxidation sites excluding steroid dienone is 8. The van der Waals surface area contributed by atoms with Crippen LogP contribution in [0.25, 0.3) is 55.0 Å². The molecule has 3 aliphatic carbocycles. The van der Waals surface area contributed by atoms with E-state index >= 15 is 0 Å². The molecule has 0 bridgehead atoms. The Bertz CT molecular complexity index is 3850. The van der Waals surface area contributed by atoms with Crippen LogP contribution in [-0.4, -0.2) is 17.3 Å². The number of aromatic hydroxyl groups is 1. The Labute approximate surface area is 420 Å². The van der Waals surface area contributed by atoms with Gasteiger partial charge in [-0.1, -0.05) is 182 Å². The summed E-state index contributed by atoms with van der Waals surface area (Å²) >= 11 is 0. The molecule has 0 saturated carbocycles. The molecule has 4 aliphatic rings. The zero-order chi connectivity index (χ0) is 48.5. The maximum Gasteiger partial charge on any atom is 0.159 e. The first-order chi connectivity index (χ1) is 35.3. The second kappa shape index (κ2) is 17.4. The maximum atomic E-state index is 11.5. The van der Waals surface area contributed by atoms with Crippen molar-refractivity contribution >= 4 is 61.1 Å². The number of fused-ring (bicyclic) bond motifs is 7. The van der Waals surface area contributed by atoms with E-state index in [0.29, 0.717) is 5.75 Å². The van der Waals surface area contributed by atoms with E-state index in [4.69, 9.17) is 9.15 Å². The van der Waals surface area contributed by atoms with E-state index in [2.05, 4.69) is 224 Å². The van der Waals surface area contributed by atoms with Crippen LogP contribution in [0.4, 0.5) is 28.4 Å². The van der Waals surface area contributed by atoms with Crippen molar-refractivity contribution in [2.45, 2.75) is 57.6 Å². The van der Waals surface area contributed by atoms with E-state index in [1.165, 1.54) is 11.1 Å². The molecule has 8 aromatic carbocycles. The number of hydrogen-bond donors (Lipinski definition) is 1. The smallest absolute Gasteiger partial charge is 0.159 e. The van der Waals surface area contributed by atoms with E-state index in [1.54, 1.807) is 0 Å². The third-order valence-electron chi connectivity index (χ3n) is 15.4. The lowest BCUT2D eigenvalue weighted by Gasteiger charge is -2.39. The fourth-order valence-electron chi connectivity index (χ4n) is 11.8. The fraction of sp³-hybridized carbons (Fsp3) is 0.134. The minimum atomic E-state index is -0.573. The molecule has 5 nitrogen and oxygen atoms in total. The van der Waals surface area contributed by atoms with Gasteiger partial charge < -0.3 is 24.1 Å². The fourth-order valence-corrected chi connectivity index (χ4v) is 11.8. The Hall–Kier alpha value is -8.54. The summed E-state index contributed by atoms with van der Waals surface area (Å²) in [4.78, 5) is 4.98. The average molecular weight is 935 g/mol. The second-order valence-corrected chi connectivity index (χ2v) is 19.9. The molecular formula is C67H54N2O3. The highest BCUT2D eigenvalue weighted by atomic mass is 16.5. The first-order valence-electron chi connectivity index (χ1n) is 25.2. The number of anilines is 5. The Morgan fingerprint density at radius 1 is 0.583 bits per heavy atom. The van der Waals surface area contributed by atoms with Crippen LogP contribution in [0, 0.1) is 13.8 Å². The molecule has 2 heterocycles. The molecule has 9 aromatic rings. The number of phenolic OH excluding ortho intramolecular Hbond substituents is 1. The van der Waals surface area contributed by atoms with E-state index in [0.717, 1.165) is 125 Å². The summed E-state index contributed by atoms with van der Waals surface area (Å²) in [6, 6.07) is 56.0. The largest absolute Gasteiger partial charge is 0.507 e. The highest BCUT2D eigenvalue weighted by Gasteiger charge is 2.49. The molecule has 350 valence electrons. The molecule has 5 heteroatoms. The Balaban J connectivity index is 1.13. The van der Waals surface area contributed by atoms with Gasteiger partial charge in [-0.05, 0) is 115 Å². The highest BCUT2D eigenvalue weighted by Crippen LogP contribution is 2.62. The van der Waals surface area contributed by atoms with Gasteiger partial charge in [-0.15, -0.1) is 0 Å². The number of ether oxygens (including phenoxy) is 1. The van der Waals surface area contributed by atoms with Gasteiger partial charge >= 0.3 is 0 Å². The van der Waals surface area contributed by atoms with Crippen LogP contribution in [0.5, 0.6) is 11.5 Å². The van der Waals surface area contributed by atoms with Crippen molar-refractivity contribution in [1.29, 1.82) is 0 Å². The molecule has 0 radical (unpaired) electrons. The van der Waals surface area contributed by atoms with Crippen molar-refractivity contribution in [2.75, 3.05) is 9.80 Å². The van der Waals surface area contributed by atoms with Crippen LogP contribution in [-0.2, 0) is 5.41 Å². The number of para-hydroxylation sites is 3. The summed E-state index contributed by atoms with van der Waals surface area (Å²) in [7, 11) is 0. The zero-order valence-corrected chi connectivity index (χ0v) is 40.7. The minimum Gasteiger partial charge on any atom is -0.507 e. The summed E-state index contributed by atoms with van der Waals surface area (Å²) < 4.78 is 14.7. The second-order valence-electron chi connectivity index (χ2n) is 19.9. The van der Waals surface area contributed by atoms with Crippen LogP contribution >= 0.6 is 0 Å². The summed E-state index contributed by atoms with van der Waals surface area (Å²) in [6.45, 7) is 6.42. The third kappa shape index (κ3) is 7.05. The van der Waals surface area contributed by atoms with Crippen LogP contribution in [0.2, 0.25) is 0 Å². The molecule has 1 aromatic heterocycles. The van der Waals surface area contributed by atoms with Gasteiger partial charge in [0, 0.05) is 44.0 Å². The minimum absolute atomic E-state index is 0.0755. The first kappa shape index (κ1) is 43.5. The van der Waals surface area contributed by atoms with E-state index in [9.17, 15) is 5.11 Å². The van der Waals surface area contributed by atoms with Gasteiger partial charge in [-0.25, -0.2) is 0 Å². The summed E-state index contributed by atoms with van der Waals surface area (Å²) in [5, 5.41) is 15.8. The zero-order valence-electron chi connectivity index (χ0n) is 40.7. The van der Waals surface area contributed by atoms with Crippen molar-refractivity contribution in [3.8, 4) is 33.8 Å².